The third-order valence-corrected chi connectivity index (χ3v) is 7.47. The van der Waals surface area contributed by atoms with E-state index in [0.717, 1.165) is 58.3 Å². The van der Waals surface area contributed by atoms with Gasteiger partial charge >= 0.3 is 5.97 Å². The van der Waals surface area contributed by atoms with Crippen molar-refractivity contribution >= 4 is 11.9 Å². The van der Waals surface area contributed by atoms with E-state index in [-0.39, 0.29) is 23.7 Å². The smallest absolute Gasteiger partial charge is 0.360 e. The summed E-state index contributed by atoms with van der Waals surface area (Å²) in [5.74, 6) is 0.318. The van der Waals surface area contributed by atoms with Crippen LogP contribution < -0.4 is 0 Å². The highest BCUT2D eigenvalue weighted by Crippen LogP contribution is 2.33. The van der Waals surface area contributed by atoms with Crippen LogP contribution in [0.5, 0.6) is 0 Å². The van der Waals surface area contributed by atoms with Crippen molar-refractivity contribution in [1.82, 2.24) is 24.8 Å². The van der Waals surface area contributed by atoms with Gasteiger partial charge in [-0.1, -0.05) is 41.9 Å². The lowest BCUT2D eigenvalue weighted by Crippen LogP contribution is -2.46. The highest BCUT2D eigenvalue weighted by Gasteiger charge is 2.40. The van der Waals surface area contributed by atoms with Crippen LogP contribution in [0.15, 0.2) is 30.0 Å². The molecule has 0 saturated carbocycles. The lowest BCUT2D eigenvalue weighted by Gasteiger charge is -2.31. The SMILES string of the molecule is C=C(C)[C@@H]1CC=C(CN2C[C@H](n3cc(C(=O)OC)nn3)C[C@H]2C(=O)N2CCCCCC2)CC1. The first kappa shape index (κ1) is 23.7. The van der Waals surface area contributed by atoms with Crippen molar-refractivity contribution in [2.75, 3.05) is 33.3 Å². The molecule has 1 aliphatic carbocycles. The van der Waals surface area contributed by atoms with Crippen LogP contribution in [-0.4, -0.2) is 76.0 Å². The Morgan fingerprint density at radius 1 is 1.21 bits per heavy atom. The Bertz CT molecular complexity index is 900. The van der Waals surface area contributed by atoms with Gasteiger partial charge in [0.25, 0.3) is 0 Å². The van der Waals surface area contributed by atoms with Gasteiger partial charge in [-0.15, -0.1) is 5.10 Å². The molecule has 3 aliphatic rings. The molecular formula is C25H37N5O3. The number of hydrogen-bond acceptors (Lipinski definition) is 6. The molecule has 3 atom stereocenters. The Hall–Kier alpha value is -2.48. The van der Waals surface area contributed by atoms with E-state index >= 15 is 0 Å². The normalized spacial score (nSPS) is 26.5. The zero-order chi connectivity index (χ0) is 23.4. The molecule has 8 heteroatoms. The van der Waals surface area contributed by atoms with Crippen molar-refractivity contribution < 1.29 is 14.3 Å². The molecule has 8 nitrogen and oxygen atoms in total. The fourth-order valence-corrected chi connectivity index (χ4v) is 5.40. The molecule has 1 aromatic heterocycles. The summed E-state index contributed by atoms with van der Waals surface area (Å²) in [5, 5.41) is 8.16. The number of methoxy groups -OCH3 is 1. The average Bonchev–Trinajstić information content (AvgIpc) is 3.38. The van der Waals surface area contributed by atoms with Gasteiger partial charge in [-0.3, -0.25) is 9.69 Å². The van der Waals surface area contributed by atoms with E-state index in [1.807, 2.05) is 0 Å². The topological polar surface area (TPSA) is 80.6 Å². The molecule has 2 aliphatic heterocycles. The second-order valence-corrected chi connectivity index (χ2v) is 9.83. The number of aromatic nitrogens is 3. The summed E-state index contributed by atoms with van der Waals surface area (Å²) >= 11 is 0. The maximum absolute atomic E-state index is 13.6. The van der Waals surface area contributed by atoms with Crippen LogP contribution in [0.4, 0.5) is 0 Å². The molecule has 2 fully saturated rings. The molecule has 1 aromatic rings. The number of allylic oxidation sites excluding steroid dienone is 2. The highest BCUT2D eigenvalue weighted by atomic mass is 16.5. The number of carbonyl (C=O) groups excluding carboxylic acids is 2. The summed E-state index contributed by atoms with van der Waals surface area (Å²) < 4.78 is 6.51. The van der Waals surface area contributed by atoms with Crippen molar-refractivity contribution in [3.63, 3.8) is 0 Å². The number of rotatable bonds is 6. The van der Waals surface area contributed by atoms with Gasteiger partial charge in [-0.2, -0.15) is 0 Å². The molecule has 0 radical (unpaired) electrons. The van der Waals surface area contributed by atoms with Gasteiger partial charge in [0.1, 0.15) is 0 Å². The highest BCUT2D eigenvalue weighted by molar-refractivity contribution is 5.86. The maximum Gasteiger partial charge on any atom is 0.360 e. The van der Waals surface area contributed by atoms with Gasteiger partial charge in [0, 0.05) is 26.2 Å². The molecule has 0 unspecified atom stereocenters. The van der Waals surface area contributed by atoms with E-state index in [4.69, 9.17) is 4.74 Å². The van der Waals surface area contributed by atoms with Gasteiger partial charge in [0.2, 0.25) is 5.91 Å². The first-order valence-corrected chi connectivity index (χ1v) is 12.3. The Labute approximate surface area is 196 Å². The van der Waals surface area contributed by atoms with Crippen LogP contribution >= 0.6 is 0 Å². The van der Waals surface area contributed by atoms with Crippen molar-refractivity contribution in [1.29, 1.82) is 0 Å². The fraction of sp³-hybridized carbons (Fsp3) is 0.680. The number of likely N-dealkylation sites (tertiary alicyclic amines) is 2. The van der Waals surface area contributed by atoms with Crippen LogP contribution in [0.3, 0.4) is 0 Å². The van der Waals surface area contributed by atoms with Crippen molar-refractivity contribution in [2.45, 2.75) is 70.4 Å². The molecule has 180 valence electrons. The molecule has 0 spiro atoms. The Morgan fingerprint density at radius 2 is 1.97 bits per heavy atom. The number of nitrogens with zero attached hydrogens (tertiary/aromatic N) is 5. The van der Waals surface area contributed by atoms with Crippen molar-refractivity contribution in [2.24, 2.45) is 5.92 Å². The number of esters is 1. The standard InChI is InChI=1S/C25H37N5O3/c1-18(2)20-10-8-19(9-11-20)15-29-16-21(30-17-22(26-27-30)25(32)33-3)14-23(29)24(31)28-12-6-4-5-7-13-28/h8,17,20-21,23H,1,4-7,9-16H2,2-3H3/t20-,21-,23+/m1/s1. The van der Waals surface area contributed by atoms with Crippen LogP contribution in [0.2, 0.25) is 0 Å². The molecule has 2 saturated heterocycles. The van der Waals surface area contributed by atoms with E-state index in [2.05, 4.69) is 39.7 Å². The number of ether oxygens (including phenoxy) is 1. The lowest BCUT2D eigenvalue weighted by molar-refractivity contribution is -0.135. The predicted octanol–water partition coefficient (Wildman–Crippen LogP) is 3.39. The van der Waals surface area contributed by atoms with Gasteiger partial charge in [0.15, 0.2) is 5.69 Å². The number of hydrogen-bond donors (Lipinski definition) is 0. The first-order valence-electron chi connectivity index (χ1n) is 12.3. The average molecular weight is 456 g/mol. The third kappa shape index (κ3) is 5.54. The minimum absolute atomic E-state index is 0.00388. The van der Waals surface area contributed by atoms with E-state index in [1.54, 1.807) is 10.9 Å². The van der Waals surface area contributed by atoms with Gasteiger partial charge < -0.3 is 9.64 Å². The maximum atomic E-state index is 13.6. The third-order valence-electron chi connectivity index (χ3n) is 7.47. The molecule has 0 aromatic carbocycles. The molecule has 3 heterocycles. The van der Waals surface area contributed by atoms with E-state index < -0.39 is 5.97 Å². The Balaban J connectivity index is 1.50. The molecular weight excluding hydrogens is 418 g/mol. The van der Waals surface area contributed by atoms with Crippen LogP contribution in [0, 0.1) is 5.92 Å². The van der Waals surface area contributed by atoms with E-state index in [9.17, 15) is 9.59 Å². The summed E-state index contributed by atoms with van der Waals surface area (Å²) in [7, 11) is 1.34. The summed E-state index contributed by atoms with van der Waals surface area (Å²) in [6, 6.07) is -0.164. The summed E-state index contributed by atoms with van der Waals surface area (Å²) in [5.41, 5.74) is 2.87. The largest absolute Gasteiger partial charge is 0.464 e. The van der Waals surface area contributed by atoms with Crippen molar-refractivity contribution in [3.05, 3.63) is 35.7 Å². The summed E-state index contributed by atoms with van der Waals surface area (Å²) in [4.78, 5) is 29.8. The predicted molar refractivity (Wildman–Crippen MR) is 126 cm³/mol. The van der Waals surface area contributed by atoms with Crippen molar-refractivity contribution in [3.8, 4) is 0 Å². The fourth-order valence-electron chi connectivity index (χ4n) is 5.40. The minimum atomic E-state index is -0.493. The molecule has 1 amide bonds. The summed E-state index contributed by atoms with van der Waals surface area (Å²) in [6.45, 7) is 9.48. The molecule has 0 bridgehead atoms. The van der Waals surface area contributed by atoms with Crippen LogP contribution in [0.25, 0.3) is 0 Å². The number of carbonyl (C=O) groups is 2. The second-order valence-electron chi connectivity index (χ2n) is 9.83. The van der Waals surface area contributed by atoms with Gasteiger partial charge in [-0.25, -0.2) is 9.48 Å². The zero-order valence-electron chi connectivity index (χ0n) is 20.0. The summed E-state index contributed by atoms with van der Waals surface area (Å²) in [6.07, 6.45) is 12.5. The lowest BCUT2D eigenvalue weighted by atomic mass is 9.85. The van der Waals surface area contributed by atoms with Gasteiger partial charge in [0.05, 0.1) is 25.4 Å². The van der Waals surface area contributed by atoms with E-state index in [0.29, 0.717) is 12.3 Å². The Kier molecular flexibility index (Phi) is 7.63. The van der Waals surface area contributed by atoms with Crippen LogP contribution in [0.1, 0.15) is 74.8 Å². The molecule has 0 N–H and O–H groups in total. The molecule has 4 rings (SSSR count). The first-order chi connectivity index (χ1) is 16.0. The quantitative estimate of drug-likeness (QED) is 0.483. The van der Waals surface area contributed by atoms with E-state index in [1.165, 1.54) is 31.1 Å². The zero-order valence-corrected chi connectivity index (χ0v) is 20.0. The number of amides is 1. The monoisotopic (exact) mass is 455 g/mol. The Morgan fingerprint density at radius 3 is 2.61 bits per heavy atom. The minimum Gasteiger partial charge on any atom is -0.464 e. The van der Waals surface area contributed by atoms with Crippen LogP contribution in [-0.2, 0) is 9.53 Å². The second kappa shape index (κ2) is 10.6. The van der Waals surface area contributed by atoms with Gasteiger partial charge in [-0.05, 0) is 51.4 Å². The molecule has 33 heavy (non-hydrogen) atoms.